The number of amides is 1. The van der Waals surface area contributed by atoms with E-state index in [9.17, 15) is 18.0 Å². The van der Waals surface area contributed by atoms with Gasteiger partial charge in [-0.1, -0.05) is 12.1 Å². The van der Waals surface area contributed by atoms with Gasteiger partial charge in [-0.15, -0.1) is 0 Å². The van der Waals surface area contributed by atoms with Crippen LogP contribution in [0.25, 0.3) is 0 Å². The molecule has 0 aromatic heterocycles. The molecule has 1 rings (SSSR count). The minimum absolute atomic E-state index is 0.00921. The molecule has 0 aliphatic carbocycles. The lowest BCUT2D eigenvalue weighted by molar-refractivity contribution is -0.137. The van der Waals surface area contributed by atoms with Crippen molar-refractivity contribution in [2.24, 2.45) is 0 Å². The first-order chi connectivity index (χ1) is 10.8. The van der Waals surface area contributed by atoms with Crippen LogP contribution in [-0.2, 0) is 11.0 Å². The monoisotopic (exact) mass is 332 g/mol. The molecule has 0 aliphatic heterocycles. The van der Waals surface area contributed by atoms with Gasteiger partial charge in [0, 0.05) is 12.6 Å². The molecule has 1 aromatic rings. The van der Waals surface area contributed by atoms with Crippen molar-refractivity contribution in [2.75, 3.05) is 25.0 Å². The van der Waals surface area contributed by atoms with Crippen LogP contribution in [0.4, 0.5) is 18.9 Å². The van der Waals surface area contributed by atoms with Gasteiger partial charge < -0.3 is 10.4 Å². The predicted octanol–water partition coefficient (Wildman–Crippen LogP) is 3.13. The van der Waals surface area contributed by atoms with E-state index in [0.29, 0.717) is 13.0 Å². The lowest BCUT2D eigenvalue weighted by atomic mass is 10.1. The van der Waals surface area contributed by atoms with Crippen LogP contribution in [0, 0.1) is 0 Å². The normalized spacial score (nSPS) is 12.0. The summed E-state index contributed by atoms with van der Waals surface area (Å²) in [6.45, 7) is 4.52. The molecule has 0 heterocycles. The summed E-state index contributed by atoms with van der Waals surface area (Å²) < 4.78 is 38.7. The van der Waals surface area contributed by atoms with E-state index >= 15 is 0 Å². The van der Waals surface area contributed by atoms with Gasteiger partial charge >= 0.3 is 6.18 Å². The van der Waals surface area contributed by atoms with Gasteiger partial charge in [0.2, 0.25) is 5.91 Å². The maximum atomic E-state index is 12.9. The molecule has 1 aromatic carbocycles. The lowest BCUT2D eigenvalue weighted by Gasteiger charge is -2.26. The quantitative estimate of drug-likeness (QED) is 0.719. The van der Waals surface area contributed by atoms with Gasteiger partial charge in [-0.05, 0) is 45.4 Å². The third-order valence-corrected chi connectivity index (χ3v) is 3.44. The first-order valence-electron chi connectivity index (χ1n) is 7.56. The molecule has 0 bridgehead atoms. The number of hydrogen-bond acceptors (Lipinski definition) is 3. The van der Waals surface area contributed by atoms with E-state index < -0.39 is 17.6 Å². The number of para-hydroxylation sites is 1. The molecule has 0 spiro atoms. The van der Waals surface area contributed by atoms with Crippen LogP contribution in [0.5, 0.6) is 0 Å². The molecule has 0 aliphatic rings. The van der Waals surface area contributed by atoms with Crippen molar-refractivity contribution in [3.05, 3.63) is 29.8 Å². The molecule has 0 atom stereocenters. The SMILES string of the molecule is CC(C)N(CCCCO)CC(=O)Nc1ccccc1C(F)(F)F. The Morgan fingerprint density at radius 1 is 1.26 bits per heavy atom. The summed E-state index contributed by atoms with van der Waals surface area (Å²) in [5, 5.41) is 11.1. The van der Waals surface area contributed by atoms with E-state index in [1.807, 2.05) is 18.7 Å². The summed E-state index contributed by atoms with van der Waals surface area (Å²) in [6.07, 6.45) is -3.16. The molecule has 0 saturated carbocycles. The molecule has 0 unspecified atom stereocenters. The van der Waals surface area contributed by atoms with Crippen molar-refractivity contribution >= 4 is 11.6 Å². The number of aliphatic hydroxyl groups excluding tert-OH is 1. The maximum absolute atomic E-state index is 12.9. The van der Waals surface area contributed by atoms with Gasteiger partial charge in [-0.25, -0.2) is 0 Å². The molecule has 2 N–H and O–H groups in total. The number of anilines is 1. The van der Waals surface area contributed by atoms with E-state index in [-0.39, 0.29) is 24.9 Å². The summed E-state index contributed by atoms with van der Waals surface area (Å²) in [5.74, 6) is -0.487. The Morgan fingerprint density at radius 3 is 2.48 bits per heavy atom. The second kappa shape index (κ2) is 8.88. The number of alkyl halides is 3. The predicted molar refractivity (Wildman–Crippen MR) is 83.1 cm³/mol. The van der Waals surface area contributed by atoms with Gasteiger partial charge in [0.1, 0.15) is 0 Å². The number of hydrogen-bond donors (Lipinski definition) is 2. The number of carbonyl (C=O) groups excluding carboxylic acids is 1. The van der Waals surface area contributed by atoms with Crippen LogP contribution < -0.4 is 5.32 Å². The van der Waals surface area contributed by atoms with Gasteiger partial charge in [-0.2, -0.15) is 13.2 Å². The molecule has 0 fully saturated rings. The van der Waals surface area contributed by atoms with Crippen LogP contribution >= 0.6 is 0 Å². The minimum Gasteiger partial charge on any atom is -0.396 e. The van der Waals surface area contributed by atoms with E-state index in [2.05, 4.69) is 5.32 Å². The smallest absolute Gasteiger partial charge is 0.396 e. The summed E-state index contributed by atoms with van der Waals surface area (Å²) in [6, 6.07) is 5.00. The second-order valence-electron chi connectivity index (χ2n) is 5.59. The van der Waals surface area contributed by atoms with Crippen LogP contribution in [0.2, 0.25) is 0 Å². The summed E-state index contributed by atoms with van der Waals surface area (Å²) in [4.78, 5) is 13.9. The Balaban J connectivity index is 2.72. The number of nitrogens with zero attached hydrogens (tertiary/aromatic N) is 1. The number of rotatable bonds is 8. The first-order valence-corrected chi connectivity index (χ1v) is 7.56. The summed E-state index contributed by atoms with van der Waals surface area (Å²) >= 11 is 0. The Bertz CT molecular complexity index is 504. The zero-order chi connectivity index (χ0) is 17.5. The third-order valence-electron chi connectivity index (χ3n) is 3.44. The van der Waals surface area contributed by atoms with E-state index in [1.165, 1.54) is 18.2 Å². The Labute approximate surface area is 134 Å². The van der Waals surface area contributed by atoms with E-state index in [0.717, 1.165) is 12.5 Å². The van der Waals surface area contributed by atoms with Gasteiger partial charge in [0.15, 0.2) is 0 Å². The molecule has 130 valence electrons. The highest BCUT2D eigenvalue weighted by atomic mass is 19.4. The van der Waals surface area contributed by atoms with Crippen molar-refractivity contribution in [2.45, 2.75) is 38.9 Å². The van der Waals surface area contributed by atoms with Crippen LogP contribution in [0.3, 0.4) is 0 Å². The number of benzene rings is 1. The van der Waals surface area contributed by atoms with Gasteiger partial charge in [0.05, 0.1) is 17.8 Å². The van der Waals surface area contributed by atoms with Crippen LogP contribution in [0.15, 0.2) is 24.3 Å². The molecular weight excluding hydrogens is 309 g/mol. The number of aliphatic hydroxyl groups is 1. The molecule has 7 heteroatoms. The Morgan fingerprint density at radius 2 is 1.91 bits per heavy atom. The zero-order valence-corrected chi connectivity index (χ0v) is 13.4. The van der Waals surface area contributed by atoms with E-state index in [1.54, 1.807) is 0 Å². The average molecular weight is 332 g/mol. The Kier molecular flexibility index (Phi) is 7.51. The van der Waals surface area contributed by atoms with Crippen molar-refractivity contribution < 1.29 is 23.1 Å². The molecule has 23 heavy (non-hydrogen) atoms. The third kappa shape index (κ3) is 6.58. The largest absolute Gasteiger partial charge is 0.418 e. The molecule has 0 saturated heterocycles. The molecule has 0 radical (unpaired) electrons. The van der Waals surface area contributed by atoms with Crippen molar-refractivity contribution in [3.63, 3.8) is 0 Å². The lowest BCUT2D eigenvalue weighted by Crippen LogP contribution is -2.39. The average Bonchev–Trinajstić information content (AvgIpc) is 2.45. The fourth-order valence-corrected chi connectivity index (χ4v) is 2.16. The van der Waals surface area contributed by atoms with Crippen molar-refractivity contribution in [1.29, 1.82) is 0 Å². The van der Waals surface area contributed by atoms with Crippen molar-refractivity contribution in [3.8, 4) is 0 Å². The van der Waals surface area contributed by atoms with Crippen LogP contribution in [0.1, 0.15) is 32.3 Å². The van der Waals surface area contributed by atoms with Gasteiger partial charge in [0.25, 0.3) is 0 Å². The number of unbranched alkanes of at least 4 members (excludes halogenated alkanes) is 1. The highest BCUT2D eigenvalue weighted by Gasteiger charge is 2.33. The number of nitrogens with one attached hydrogen (secondary N) is 1. The standard InChI is InChI=1S/C16H23F3N2O2/c1-12(2)21(9-5-6-10-22)11-15(23)20-14-8-4-3-7-13(14)16(17,18)19/h3-4,7-8,12,22H,5-6,9-11H2,1-2H3,(H,20,23). The van der Waals surface area contributed by atoms with E-state index in [4.69, 9.17) is 5.11 Å². The fourth-order valence-electron chi connectivity index (χ4n) is 2.16. The van der Waals surface area contributed by atoms with Crippen LogP contribution in [-0.4, -0.2) is 41.7 Å². The Hall–Kier alpha value is -1.60. The highest BCUT2D eigenvalue weighted by molar-refractivity contribution is 5.93. The van der Waals surface area contributed by atoms with Crippen molar-refractivity contribution in [1.82, 2.24) is 4.90 Å². The summed E-state index contributed by atoms with van der Waals surface area (Å²) in [7, 11) is 0. The minimum atomic E-state index is -4.51. The zero-order valence-electron chi connectivity index (χ0n) is 13.4. The molecule has 1 amide bonds. The fraction of sp³-hybridized carbons (Fsp3) is 0.562. The number of halogens is 3. The molecular formula is C16H23F3N2O2. The first kappa shape index (κ1) is 19.4. The summed E-state index contributed by atoms with van der Waals surface area (Å²) in [5.41, 5.74) is -1.09. The topological polar surface area (TPSA) is 52.6 Å². The molecule has 4 nitrogen and oxygen atoms in total. The number of carbonyl (C=O) groups is 1. The second-order valence-corrected chi connectivity index (χ2v) is 5.59. The van der Waals surface area contributed by atoms with Gasteiger partial charge in [-0.3, -0.25) is 9.69 Å². The maximum Gasteiger partial charge on any atom is 0.418 e. The highest BCUT2D eigenvalue weighted by Crippen LogP contribution is 2.34.